The topological polar surface area (TPSA) is 102 Å². The quantitative estimate of drug-likeness (QED) is 0.733. The Morgan fingerprint density at radius 2 is 1.93 bits per heavy atom. The number of carbonyl (C=O) groups excluding carboxylic acids is 2. The standard InChI is InChI=1S/C20H22N2O5S/c1-21-19(24)17-10-16(18(23)9-15-7-8-28(26,27)13-15)12-22(20(17)25)11-14-5-3-2-4-6-14/h2-6,10,12,15H,7-9,11,13H2,1H3,(H,21,24). The molecule has 2 aromatic rings. The van der Waals surface area contributed by atoms with Gasteiger partial charge in [0.25, 0.3) is 11.5 Å². The first kappa shape index (κ1) is 20.0. The van der Waals surface area contributed by atoms with Crippen LogP contribution in [0.15, 0.2) is 47.4 Å². The molecule has 1 fully saturated rings. The van der Waals surface area contributed by atoms with Crippen molar-refractivity contribution in [1.29, 1.82) is 0 Å². The molecule has 0 radical (unpaired) electrons. The van der Waals surface area contributed by atoms with Crippen LogP contribution in [0.3, 0.4) is 0 Å². The van der Waals surface area contributed by atoms with Crippen LogP contribution < -0.4 is 10.9 Å². The van der Waals surface area contributed by atoms with Crippen LogP contribution in [0, 0.1) is 5.92 Å². The number of carbonyl (C=O) groups is 2. The Morgan fingerprint density at radius 3 is 2.54 bits per heavy atom. The number of rotatable bonds is 6. The summed E-state index contributed by atoms with van der Waals surface area (Å²) in [5.41, 5.74) is 0.504. The summed E-state index contributed by atoms with van der Waals surface area (Å²) in [6.45, 7) is 0.225. The van der Waals surface area contributed by atoms with Crippen molar-refractivity contribution in [3.8, 4) is 0 Å². The summed E-state index contributed by atoms with van der Waals surface area (Å²) in [4.78, 5) is 37.6. The van der Waals surface area contributed by atoms with E-state index in [1.54, 1.807) is 0 Å². The lowest BCUT2D eigenvalue weighted by Crippen LogP contribution is -2.32. The van der Waals surface area contributed by atoms with Crippen LogP contribution in [0.2, 0.25) is 0 Å². The second kappa shape index (κ2) is 8.10. The van der Waals surface area contributed by atoms with E-state index in [2.05, 4.69) is 5.32 Å². The maximum absolute atomic E-state index is 12.7. The third kappa shape index (κ3) is 4.56. The molecule has 0 spiro atoms. The highest BCUT2D eigenvalue weighted by atomic mass is 32.2. The fourth-order valence-corrected chi connectivity index (χ4v) is 5.26. The molecule has 1 unspecified atom stereocenters. The predicted octanol–water partition coefficient (Wildman–Crippen LogP) is 1.26. The van der Waals surface area contributed by atoms with E-state index in [1.807, 2.05) is 30.3 Å². The number of amides is 1. The summed E-state index contributed by atoms with van der Waals surface area (Å²) in [5, 5.41) is 2.42. The van der Waals surface area contributed by atoms with Gasteiger partial charge < -0.3 is 9.88 Å². The van der Waals surface area contributed by atoms with E-state index < -0.39 is 21.3 Å². The Labute approximate surface area is 163 Å². The average Bonchev–Trinajstić information content (AvgIpc) is 3.01. The minimum atomic E-state index is -3.08. The molecule has 2 heterocycles. The first-order chi connectivity index (χ1) is 13.3. The van der Waals surface area contributed by atoms with Crippen LogP contribution in [0.4, 0.5) is 0 Å². The molecule has 0 aliphatic carbocycles. The average molecular weight is 402 g/mol. The van der Waals surface area contributed by atoms with Gasteiger partial charge in [0, 0.05) is 25.2 Å². The lowest BCUT2D eigenvalue weighted by molar-refractivity contribution is 0.0961. The number of ketones is 1. The molecule has 1 aromatic carbocycles. The van der Waals surface area contributed by atoms with Crippen LogP contribution in [0.1, 0.15) is 39.1 Å². The molecule has 1 atom stereocenters. The molecular formula is C20H22N2O5S. The monoisotopic (exact) mass is 402 g/mol. The van der Waals surface area contributed by atoms with Crippen molar-refractivity contribution in [3.63, 3.8) is 0 Å². The fourth-order valence-electron chi connectivity index (χ4n) is 3.40. The lowest BCUT2D eigenvalue weighted by atomic mass is 9.98. The fraction of sp³-hybridized carbons (Fsp3) is 0.350. The zero-order valence-electron chi connectivity index (χ0n) is 15.6. The van der Waals surface area contributed by atoms with E-state index in [-0.39, 0.29) is 47.3 Å². The molecule has 1 N–H and O–H groups in total. The summed E-state index contributed by atoms with van der Waals surface area (Å²) in [7, 11) is -1.66. The first-order valence-corrected chi connectivity index (χ1v) is 10.9. The van der Waals surface area contributed by atoms with E-state index in [0.29, 0.717) is 6.42 Å². The van der Waals surface area contributed by atoms with Gasteiger partial charge in [-0.05, 0) is 24.0 Å². The van der Waals surface area contributed by atoms with Crippen molar-refractivity contribution < 1.29 is 18.0 Å². The third-order valence-electron chi connectivity index (χ3n) is 4.88. The second-order valence-electron chi connectivity index (χ2n) is 7.04. The SMILES string of the molecule is CNC(=O)c1cc(C(=O)CC2CCS(=O)(=O)C2)cn(Cc2ccccc2)c1=O. The van der Waals surface area contributed by atoms with Crippen molar-refractivity contribution in [2.45, 2.75) is 19.4 Å². The second-order valence-corrected chi connectivity index (χ2v) is 9.27. The Morgan fingerprint density at radius 1 is 1.21 bits per heavy atom. The summed E-state index contributed by atoms with van der Waals surface area (Å²) in [6, 6.07) is 10.5. The van der Waals surface area contributed by atoms with E-state index >= 15 is 0 Å². The highest BCUT2D eigenvalue weighted by Crippen LogP contribution is 2.23. The highest BCUT2D eigenvalue weighted by Gasteiger charge is 2.30. The Hall–Kier alpha value is -2.74. The summed E-state index contributed by atoms with van der Waals surface area (Å²) < 4.78 is 24.6. The molecule has 148 valence electrons. The van der Waals surface area contributed by atoms with Gasteiger partial charge in [-0.15, -0.1) is 0 Å². The summed E-state index contributed by atoms with van der Waals surface area (Å²) in [6.07, 6.45) is 1.99. The first-order valence-electron chi connectivity index (χ1n) is 9.03. The van der Waals surface area contributed by atoms with Gasteiger partial charge in [-0.25, -0.2) is 8.42 Å². The molecule has 1 saturated heterocycles. The van der Waals surface area contributed by atoms with E-state index in [0.717, 1.165) is 5.56 Å². The molecule has 28 heavy (non-hydrogen) atoms. The van der Waals surface area contributed by atoms with Gasteiger partial charge in [-0.2, -0.15) is 0 Å². The minimum Gasteiger partial charge on any atom is -0.355 e. The van der Waals surface area contributed by atoms with Gasteiger partial charge in [-0.3, -0.25) is 14.4 Å². The van der Waals surface area contributed by atoms with Gasteiger partial charge in [0.05, 0.1) is 18.1 Å². The van der Waals surface area contributed by atoms with Gasteiger partial charge in [0.2, 0.25) is 0 Å². The number of pyridine rings is 1. The number of hydrogen-bond acceptors (Lipinski definition) is 5. The number of sulfone groups is 1. The minimum absolute atomic E-state index is 0.00466. The van der Waals surface area contributed by atoms with Gasteiger partial charge >= 0.3 is 0 Å². The van der Waals surface area contributed by atoms with Crippen molar-refractivity contribution >= 4 is 21.5 Å². The molecule has 1 amide bonds. The van der Waals surface area contributed by atoms with Crippen molar-refractivity contribution in [2.75, 3.05) is 18.6 Å². The maximum Gasteiger partial charge on any atom is 0.263 e. The van der Waals surface area contributed by atoms with Crippen LogP contribution in [-0.2, 0) is 16.4 Å². The van der Waals surface area contributed by atoms with Gasteiger partial charge in [-0.1, -0.05) is 30.3 Å². The number of nitrogens with zero attached hydrogens (tertiary/aromatic N) is 1. The normalized spacial score (nSPS) is 18.0. The van der Waals surface area contributed by atoms with Crippen molar-refractivity contribution in [2.24, 2.45) is 5.92 Å². The molecule has 1 aliphatic rings. The third-order valence-corrected chi connectivity index (χ3v) is 6.71. The molecule has 7 nitrogen and oxygen atoms in total. The number of benzene rings is 1. The molecule has 3 rings (SSSR count). The predicted molar refractivity (Wildman–Crippen MR) is 105 cm³/mol. The number of hydrogen-bond donors (Lipinski definition) is 1. The largest absolute Gasteiger partial charge is 0.355 e. The Bertz CT molecular complexity index is 1060. The maximum atomic E-state index is 12.7. The molecular weight excluding hydrogens is 380 g/mol. The lowest BCUT2D eigenvalue weighted by Gasteiger charge is -2.12. The number of aromatic nitrogens is 1. The van der Waals surface area contributed by atoms with Crippen LogP contribution >= 0.6 is 0 Å². The van der Waals surface area contributed by atoms with E-state index in [9.17, 15) is 22.8 Å². The highest BCUT2D eigenvalue weighted by molar-refractivity contribution is 7.91. The smallest absolute Gasteiger partial charge is 0.263 e. The Kier molecular flexibility index (Phi) is 5.79. The van der Waals surface area contributed by atoms with E-state index in [1.165, 1.54) is 23.9 Å². The number of Topliss-reactive ketones (excluding diaryl/α,β-unsaturated/α-hetero) is 1. The number of nitrogens with one attached hydrogen (secondary N) is 1. The van der Waals surface area contributed by atoms with E-state index in [4.69, 9.17) is 0 Å². The van der Waals surface area contributed by atoms with Crippen molar-refractivity contribution in [1.82, 2.24) is 9.88 Å². The molecule has 8 heteroatoms. The molecule has 0 bridgehead atoms. The summed E-state index contributed by atoms with van der Waals surface area (Å²) >= 11 is 0. The zero-order chi connectivity index (χ0) is 20.3. The van der Waals surface area contributed by atoms with Crippen LogP contribution in [-0.4, -0.2) is 43.2 Å². The molecule has 0 saturated carbocycles. The van der Waals surface area contributed by atoms with Gasteiger partial charge in [0.15, 0.2) is 15.6 Å². The Balaban J connectivity index is 1.93. The summed E-state index contributed by atoms with van der Waals surface area (Å²) in [5.74, 6) is -0.957. The molecule has 1 aromatic heterocycles. The van der Waals surface area contributed by atoms with Gasteiger partial charge in [0.1, 0.15) is 5.56 Å². The molecule has 1 aliphatic heterocycles. The van der Waals surface area contributed by atoms with Crippen LogP contribution in [0.5, 0.6) is 0 Å². The van der Waals surface area contributed by atoms with Crippen LogP contribution in [0.25, 0.3) is 0 Å². The zero-order valence-corrected chi connectivity index (χ0v) is 16.4. The van der Waals surface area contributed by atoms with Crippen molar-refractivity contribution in [3.05, 3.63) is 69.6 Å².